The zero-order valence-corrected chi connectivity index (χ0v) is 10.4. The van der Waals surface area contributed by atoms with E-state index >= 15 is 0 Å². The molecule has 0 fully saturated rings. The maximum absolute atomic E-state index is 12.9. The minimum atomic E-state index is -0.527. The van der Waals surface area contributed by atoms with Crippen molar-refractivity contribution in [2.24, 2.45) is 10.2 Å². The van der Waals surface area contributed by atoms with E-state index in [-0.39, 0.29) is 10.0 Å². The van der Waals surface area contributed by atoms with Crippen LogP contribution in [0.3, 0.4) is 0 Å². The van der Waals surface area contributed by atoms with Crippen molar-refractivity contribution >= 4 is 34.6 Å². The lowest BCUT2D eigenvalue weighted by atomic mass is 10.3. The fourth-order valence-corrected chi connectivity index (χ4v) is 1.56. The summed E-state index contributed by atoms with van der Waals surface area (Å²) in [5.74, 6) is -1.05. The Morgan fingerprint density at radius 2 is 1.11 bits per heavy atom. The molecule has 0 aromatic heterocycles. The van der Waals surface area contributed by atoms with Gasteiger partial charge in [0.15, 0.2) is 0 Å². The van der Waals surface area contributed by atoms with Crippen LogP contribution in [0.1, 0.15) is 0 Å². The molecular formula is C12H6Cl2F2N2. The van der Waals surface area contributed by atoms with Gasteiger partial charge >= 0.3 is 0 Å². The van der Waals surface area contributed by atoms with Gasteiger partial charge in [-0.3, -0.25) is 0 Å². The zero-order chi connectivity index (χ0) is 13.1. The molecule has 0 amide bonds. The van der Waals surface area contributed by atoms with E-state index in [1.54, 1.807) is 0 Å². The molecule has 0 aliphatic carbocycles. The first kappa shape index (κ1) is 12.9. The molecule has 0 atom stereocenters. The van der Waals surface area contributed by atoms with E-state index in [4.69, 9.17) is 23.2 Å². The van der Waals surface area contributed by atoms with Crippen molar-refractivity contribution in [3.63, 3.8) is 0 Å². The average molecular weight is 287 g/mol. The smallest absolute Gasteiger partial charge is 0.141 e. The second kappa shape index (κ2) is 5.42. The van der Waals surface area contributed by atoms with Crippen LogP contribution in [0, 0.1) is 11.6 Å². The van der Waals surface area contributed by atoms with Crippen molar-refractivity contribution < 1.29 is 8.78 Å². The predicted octanol–water partition coefficient (Wildman–Crippen LogP) is 5.69. The number of hydrogen-bond acceptors (Lipinski definition) is 2. The normalized spacial score (nSPS) is 11.1. The van der Waals surface area contributed by atoms with E-state index in [1.807, 2.05) is 0 Å². The van der Waals surface area contributed by atoms with E-state index in [2.05, 4.69) is 10.2 Å². The molecule has 0 N–H and O–H groups in total. The number of nitrogens with zero attached hydrogens (tertiary/aromatic N) is 2. The quantitative estimate of drug-likeness (QED) is 0.634. The standard InChI is InChI=1S/C12H6Cl2F2N2/c13-9-5-7(1-3-11(9)15)17-18-8-2-4-12(16)10(14)6-8/h1-6H. The molecular weight excluding hydrogens is 281 g/mol. The molecule has 0 radical (unpaired) electrons. The van der Waals surface area contributed by atoms with Gasteiger partial charge in [0.25, 0.3) is 0 Å². The summed E-state index contributed by atoms with van der Waals surface area (Å²) in [6, 6.07) is 7.91. The maximum atomic E-state index is 12.9. The van der Waals surface area contributed by atoms with E-state index in [1.165, 1.54) is 36.4 Å². The highest BCUT2D eigenvalue weighted by atomic mass is 35.5. The Hall–Kier alpha value is -1.52. The lowest BCUT2D eigenvalue weighted by molar-refractivity contribution is 0.627. The average Bonchev–Trinajstić information content (AvgIpc) is 2.35. The third-order valence-corrected chi connectivity index (χ3v) is 2.67. The molecule has 92 valence electrons. The summed E-state index contributed by atoms with van der Waals surface area (Å²) in [4.78, 5) is 0. The van der Waals surface area contributed by atoms with Crippen molar-refractivity contribution in [3.8, 4) is 0 Å². The predicted molar refractivity (Wildman–Crippen MR) is 67.0 cm³/mol. The monoisotopic (exact) mass is 286 g/mol. The Balaban J connectivity index is 2.24. The van der Waals surface area contributed by atoms with Gasteiger partial charge in [-0.1, -0.05) is 23.2 Å². The third-order valence-electron chi connectivity index (χ3n) is 2.09. The van der Waals surface area contributed by atoms with Crippen LogP contribution in [0.2, 0.25) is 10.0 Å². The van der Waals surface area contributed by atoms with Crippen molar-refractivity contribution in [2.75, 3.05) is 0 Å². The van der Waals surface area contributed by atoms with E-state index in [0.29, 0.717) is 11.4 Å². The number of rotatable bonds is 2. The topological polar surface area (TPSA) is 24.7 Å². The lowest BCUT2D eigenvalue weighted by Crippen LogP contribution is -1.75. The Morgan fingerprint density at radius 1 is 0.722 bits per heavy atom. The summed E-state index contributed by atoms with van der Waals surface area (Å²) in [6.45, 7) is 0. The van der Waals surface area contributed by atoms with Crippen molar-refractivity contribution in [3.05, 3.63) is 58.1 Å². The molecule has 0 bridgehead atoms. The molecule has 18 heavy (non-hydrogen) atoms. The van der Waals surface area contributed by atoms with Gasteiger partial charge in [0.2, 0.25) is 0 Å². The van der Waals surface area contributed by atoms with Crippen LogP contribution in [0.5, 0.6) is 0 Å². The van der Waals surface area contributed by atoms with E-state index in [0.717, 1.165) is 0 Å². The SMILES string of the molecule is Fc1ccc(N=Nc2ccc(F)c(Cl)c2)cc1Cl. The Labute approximate surface area is 112 Å². The van der Waals surface area contributed by atoms with Gasteiger partial charge in [0.1, 0.15) is 11.6 Å². The molecule has 6 heteroatoms. The van der Waals surface area contributed by atoms with E-state index in [9.17, 15) is 8.78 Å². The molecule has 0 aliphatic heterocycles. The molecule has 0 aliphatic rings. The van der Waals surface area contributed by atoms with Gasteiger partial charge in [-0.2, -0.15) is 10.2 Å². The number of hydrogen-bond donors (Lipinski definition) is 0. The summed E-state index contributed by atoms with van der Waals surface area (Å²) in [7, 11) is 0. The fourth-order valence-electron chi connectivity index (χ4n) is 1.21. The molecule has 2 rings (SSSR count). The van der Waals surface area contributed by atoms with Crippen LogP contribution in [-0.4, -0.2) is 0 Å². The van der Waals surface area contributed by atoms with Crippen molar-refractivity contribution in [1.82, 2.24) is 0 Å². The van der Waals surface area contributed by atoms with Crippen LogP contribution < -0.4 is 0 Å². The lowest BCUT2D eigenvalue weighted by Gasteiger charge is -1.97. The van der Waals surface area contributed by atoms with Crippen LogP contribution >= 0.6 is 23.2 Å². The Morgan fingerprint density at radius 3 is 1.44 bits per heavy atom. The first-order chi connectivity index (χ1) is 8.56. The third kappa shape index (κ3) is 3.03. The van der Waals surface area contributed by atoms with Gasteiger partial charge in [-0.15, -0.1) is 0 Å². The van der Waals surface area contributed by atoms with Gasteiger partial charge in [0, 0.05) is 0 Å². The molecule has 2 nitrogen and oxygen atoms in total. The van der Waals surface area contributed by atoms with Gasteiger partial charge < -0.3 is 0 Å². The minimum absolute atomic E-state index is 0.0383. The molecule has 2 aromatic carbocycles. The largest absolute Gasteiger partial charge is 0.205 e. The van der Waals surface area contributed by atoms with E-state index < -0.39 is 11.6 Å². The highest BCUT2D eigenvalue weighted by molar-refractivity contribution is 6.31. The van der Waals surface area contributed by atoms with Gasteiger partial charge in [-0.05, 0) is 36.4 Å². The second-order valence-electron chi connectivity index (χ2n) is 3.40. The van der Waals surface area contributed by atoms with Crippen molar-refractivity contribution in [1.29, 1.82) is 0 Å². The first-order valence-electron chi connectivity index (χ1n) is 4.88. The highest BCUT2D eigenvalue weighted by Gasteiger charge is 2.01. The number of azo groups is 1. The van der Waals surface area contributed by atoms with Crippen molar-refractivity contribution in [2.45, 2.75) is 0 Å². The zero-order valence-electron chi connectivity index (χ0n) is 8.87. The number of halogens is 4. The highest BCUT2D eigenvalue weighted by Crippen LogP contribution is 2.25. The van der Waals surface area contributed by atoms with Gasteiger partial charge in [0.05, 0.1) is 21.4 Å². The molecule has 0 saturated heterocycles. The van der Waals surface area contributed by atoms with Crippen LogP contribution in [0.15, 0.2) is 46.6 Å². The Bertz CT molecular complexity index is 562. The second-order valence-corrected chi connectivity index (χ2v) is 4.21. The summed E-state index contributed by atoms with van der Waals surface area (Å²) in [5.41, 5.74) is 0.781. The first-order valence-corrected chi connectivity index (χ1v) is 5.64. The number of benzene rings is 2. The summed E-state index contributed by atoms with van der Waals surface area (Å²) in [5, 5.41) is 7.61. The van der Waals surface area contributed by atoms with Gasteiger partial charge in [-0.25, -0.2) is 8.78 Å². The summed E-state index contributed by atoms with van der Waals surface area (Å²) < 4.78 is 25.8. The summed E-state index contributed by atoms with van der Waals surface area (Å²) in [6.07, 6.45) is 0. The molecule has 0 saturated carbocycles. The minimum Gasteiger partial charge on any atom is -0.205 e. The van der Waals surface area contributed by atoms with Crippen LogP contribution in [0.25, 0.3) is 0 Å². The van der Waals surface area contributed by atoms with Crippen LogP contribution in [-0.2, 0) is 0 Å². The van der Waals surface area contributed by atoms with Crippen LogP contribution in [0.4, 0.5) is 20.2 Å². The summed E-state index contributed by atoms with van der Waals surface area (Å²) >= 11 is 11.2. The fraction of sp³-hybridized carbons (Fsp3) is 0. The Kier molecular flexibility index (Phi) is 3.89. The molecule has 0 heterocycles. The molecule has 2 aromatic rings. The molecule has 0 unspecified atom stereocenters. The molecule has 0 spiro atoms. The maximum Gasteiger partial charge on any atom is 0.141 e.